The van der Waals surface area contributed by atoms with Crippen LogP contribution in [0.3, 0.4) is 0 Å². The molecule has 1 fully saturated rings. The lowest BCUT2D eigenvalue weighted by Gasteiger charge is -2.15. The number of hydrogen-bond donors (Lipinski definition) is 2. The third kappa shape index (κ3) is 2.19. The lowest BCUT2D eigenvalue weighted by molar-refractivity contribution is -0.120. The highest BCUT2D eigenvalue weighted by Gasteiger charge is 2.37. The number of rotatable bonds is 2. The minimum Gasteiger partial charge on any atom is -0.351 e. The van der Waals surface area contributed by atoms with Crippen molar-refractivity contribution in [2.24, 2.45) is 5.73 Å². The van der Waals surface area contributed by atoms with Crippen LogP contribution in [-0.2, 0) is 14.6 Å². The van der Waals surface area contributed by atoms with Gasteiger partial charge in [0.25, 0.3) is 0 Å². The van der Waals surface area contributed by atoms with Crippen molar-refractivity contribution in [3.8, 4) is 0 Å². The van der Waals surface area contributed by atoms with Gasteiger partial charge in [-0.1, -0.05) is 0 Å². The van der Waals surface area contributed by atoms with Gasteiger partial charge in [0.2, 0.25) is 5.91 Å². The van der Waals surface area contributed by atoms with Crippen LogP contribution in [0.4, 0.5) is 0 Å². The molecule has 1 heterocycles. The normalized spacial score (nSPS) is 31.5. The monoisotopic (exact) mass is 206 g/mol. The maximum atomic E-state index is 11.3. The minimum atomic E-state index is -2.98. The van der Waals surface area contributed by atoms with Gasteiger partial charge in [0.15, 0.2) is 9.84 Å². The van der Waals surface area contributed by atoms with Crippen molar-refractivity contribution in [2.45, 2.75) is 24.6 Å². The molecule has 0 bridgehead atoms. The first-order valence-corrected chi connectivity index (χ1v) is 5.90. The Morgan fingerprint density at radius 3 is 2.62 bits per heavy atom. The van der Waals surface area contributed by atoms with E-state index in [1.807, 2.05) is 0 Å². The number of nitrogens with two attached hydrogens (primary N) is 1. The summed E-state index contributed by atoms with van der Waals surface area (Å²) in [5, 5.41) is 2.11. The van der Waals surface area contributed by atoms with Crippen LogP contribution < -0.4 is 11.1 Å². The van der Waals surface area contributed by atoms with E-state index in [2.05, 4.69) is 5.32 Å². The molecular weight excluding hydrogens is 192 g/mol. The van der Waals surface area contributed by atoms with Gasteiger partial charge in [-0.15, -0.1) is 0 Å². The summed E-state index contributed by atoms with van der Waals surface area (Å²) < 4.78 is 22.5. The molecule has 0 spiro atoms. The van der Waals surface area contributed by atoms with Crippen LogP contribution in [0.5, 0.6) is 0 Å². The van der Waals surface area contributed by atoms with Gasteiger partial charge in [0.1, 0.15) is 0 Å². The van der Waals surface area contributed by atoms with E-state index in [9.17, 15) is 13.2 Å². The van der Waals surface area contributed by atoms with E-state index in [0.29, 0.717) is 6.42 Å². The van der Waals surface area contributed by atoms with Crippen molar-refractivity contribution < 1.29 is 13.2 Å². The average Bonchev–Trinajstić information content (AvgIpc) is 2.32. The van der Waals surface area contributed by atoms with E-state index >= 15 is 0 Å². The summed E-state index contributed by atoms with van der Waals surface area (Å²) in [5.74, 6) is -0.141. The highest BCUT2D eigenvalue weighted by molar-refractivity contribution is 7.92. The van der Waals surface area contributed by atoms with Crippen LogP contribution in [0.25, 0.3) is 0 Å². The predicted molar refractivity (Wildman–Crippen MR) is 48.9 cm³/mol. The fourth-order valence-electron chi connectivity index (χ4n) is 1.42. The first-order chi connectivity index (χ1) is 5.97. The van der Waals surface area contributed by atoms with Crippen molar-refractivity contribution in [2.75, 3.05) is 12.3 Å². The molecule has 6 heteroatoms. The Kier molecular flexibility index (Phi) is 2.92. The highest BCUT2D eigenvalue weighted by atomic mass is 32.2. The Morgan fingerprint density at radius 1 is 1.62 bits per heavy atom. The standard InChI is InChI=1S/C7H14N2O3S/c1-5-6(9-7(10)4-8)2-3-13(5,11)12/h5-6H,2-4,8H2,1H3,(H,9,10). The van der Waals surface area contributed by atoms with Crippen molar-refractivity contribution in [3.63, 3.8) is 0 Å². The van der Waals surface area contributed by atoms with Gasteiger partial charge in [-0.25, -0.2) is 8.42 Å². The second-order valence-electron chi connectivity index (χ2n) is 3.24. The number of hydrogen-bond acceptors (Lipinski definition) is 4. The minimum absolute atomic E-state index is 0.0940. The molecule has 0 aromatic heterocycles. The summed E-state index contributed by atoms with van der Waals surface area (Å²) >= 11 is 0. The molecule has 0 radical (unpaired) electrons. The van der Waals surface area contributed by atoms with Crippen LogP contribution in [0, 0.1) is 0 Å². The second kappa shape index (κ2) is 3.63. The molecular formula is C7H14N2O3S. The van der Waals surface area contributed by atoms with Crippen molar-refractivity contribution in [1.82, 2.24) is 5.32 Å². The molecule has 0 aromatic carbocycles. The zero-order chi connectivity index (χ0) is 10.1. The Labute approximate surface area is 77.6 Å². The molecule has 2 atom stereocenters. The van der Waals surface area contributed by atoms with Crippen LogP contribution in [-0.4, -0.2) is 37.9 Å². The summed E-state index contributed by atoms with van der Waals surface area (Å²) in [6, 6.07) is -0.263. The topological polar surface area (TPSA) is 89.3 Å². The molecule has 3 N–H and O–H groups in total. The number of carbonyl (C=O) groups excluding carboxylic acids is 1. The van der Waals surface area contributed by atoms with Gasteiger partial charge in [-0.3, -0.25) is 4.79 Å². The smallest absolute Gasteiger partial charge is 0.233 e. The van der Waals surface area contributed by atoms with Crippen molar-refractivity contribution >= 4 is 15.7 Å². The second-order valence-corrected chi connectivity index (χ2v) is 5.72. The van der Waals surface area contributed by atoms with Gasteiger partial charge in [0.05, 0.1) is 17.5 Å². The Hall–Kier alpha value is -0.620. The average molecular weight is 206 g/mol. The molecule has 1 rings (SSSR count). The van der Waals surface area contributed by atoms with Crippen molar-refractivity contribution in [1.29, 1.82) is 0 Å². The number of nitrogens with one attached hydrogen (secondary N) is 1. The summed E-state index contributed by atoms with van der Waals surface area (Å²) in [6.07, 6.45) is 0.495. The third-order valence-corrected chi connectivity index (χ3v) is 4.64. The SMILES string of the molecule is CC1C(NC(=O)CN)CCS1(=O)=O. The summed E-state index contributed by atoms with van der Waals surface area (Å²) in [4.78, 5) is 10.9. The number of amides is 1. The zero-order valence-electron chi connectivity index (χ0n) is 7.49. The molecule has 0 aromatic rings. The molecule has 0 saturated carbocycles. The largest absolute Gasteiger partial charge is 0.351 e. The number of sulfone groups is 1. The van der Waals surface area contributed by atoms with Gasteiger partial charge in [-0.2, -0.15) is 0 Å². The third-order valence-electron chi connectivity index (χ3n) is 2.38. The van der Waals surface area contributed by atoms with E-state index < -0.39 is 15.1 Å². The Bertz CT molecular complexity index is 299. The number of carbonyl (C=O) groups is 1. The molecule has 76 valence electrons. The lowest BCUT2D eigenvalue weighted by Crippen LogP contribution is -2.43. The molecule has 5 nitrogen and oxygen atoms in total. The van der Waals surface area contributed by atoms with E-state index in [0.717, 1.165) is 0 Å². The van der Waals surface area contributed by atoms with E-state index in [4.69, 9.17) is 5.73 Å². The maximum absolute atomic E-state index is 11.3. The predicted octanol–water partition coefficient (Wildman–Crippen LogP) is -1.36. The molecule has 1 amide bonds. The van der Waals surface area contributed by atoms with Crippen LogP contribution >= 0.6 is 0 Å². The summed E-state index contributed by atoms with van der Waals surface area (Å²) in [6.45, 7) is 1.52. The Balaban J connectivity index is 2.61. The van der Waals surface area contributed by atoms with Gasteiger partial charge >= 0.3 is 0 Å². The van der Waals surface area contributed by atoms with E-state index in [-0.39, 0.29) is 24.2 Å². The van der Waals surface area contributed by atoms with Gasteiger partial charge in [-0.05, 0) is 13.3 Å². The lowest BCUT2D eigenvalue weighted by atomic mass is 10.2. The van der Waals surface area contributed by atoms with Crippen LogP contribution in [0.15, 0.2) is 0 Å². The molecule has 2 unspecified atom stereocenters. The molecule has 13 heavy (non-hydrogen) atoms. The summed E-state index contributed by atoms with van der Waals surface area (Å²) in [5.41, 5.74) is 5.10. The zero-order valence-corrected chi connectivity index (χ0v) is 8.30. The first-order valence-electron chi connectivity index (χ1n) is 4.18. The van der Waals surface area contributed by atoms with Gasteiger partial charge < -0.3 is 11.1 Å². The fraction of sp³-hybridized carbons (Fsp3) is 0.857. The van der Waals surface area contributed by atoms with Crippen LogP contribution in [0.2, 0.25) is 0 Å². The molecule has 1 aliphatic rings. The maximum Gasteiger partial charge on any atom is 0.233 e. The Morgan fingerprint density at radius 2 is 2.23 bits per heavy atom. The molecule has 1 saturated heterocycles. The van der Waals surface area contributed by atoms with Crippen LogP contribution in [0.1, 0.15) is 13.3 Å². The molecule has 0 aliphatic carbocycles. The first kappa shape index (κ1) is 10.5. The fourth-order valence-corrected chi connectivity index (χ4v) is 3.08. The van der Waals surface area contributed by atoms with Gasteiger partial charge in [0, 0.05) is 6.04 Å². The van der Waals surface area contributed by atoms with Crippen molar-refractivity contribution in [3.05, 3.63) is 0 Å². The van der Waals surface area contributed by atoms with E-state index in [1.165, 1.54) is 0 Å². The summed E-state index contributed by atoms with van der Waals surface area (Å²) in [7, 11) is -2.98. The highest BCUT2D eigenvalue weighted by Crippen LogP contribution is 2.19. The molecule has 1 aliphatic heterocycles. The quantitative estimate of drug-likeness (QED) is 0.584. The van der Waals surface area contributed by atoms with E-state index in [1.54, 1.807) is 6.92 Å².